The number of allylic oxidation sites excluding steroid dienone is 2. The van der Waals surface area contributed by atoms with Gasteiger partial charge in [0.2, 0.25) is 5.75 Å². The van der Waals surface area contributed by atoms with Crippen molar-refractivity contribution in [2.24, 2.45) is 0 Å². The molecule has 0 aliphatic rings. The molecule has 0 saturated carbocycles. The third-order valence-electron chi connectivity index (χ3n) is 3.03. The maximum Gasteiger partial charge on any atom is 0.389 e. The molecule has 23 heavy (non-hydrogen) atoms. The van der Waals surface area contributed by atoms with Crippen LogP contribution in [0.3, 0.4) is 0 Å². The van der Waals surface area contributed by atoms with Crippen molar-refractivity contribution in [1.29, 1.82) is 0 Å². The Morgan fingerprint density at radius 2 is 2.09 bits per heavy atom. The largest absolute Gasteiger partial charge is 0.487 e. The predicted octanol–water partition coefficient (Wildman–Crippen LogP) is 5.08. The van der Waals surface area contributed by atoms with Crippen molar-refractivity contribution in [1.82, 2.24) is 0 Å². The third kappa shape index (κ3) is 6.14. The molecule has 4 nitrogen and oxygen atoms in total. The van der Waals surface area contributed by atoms with Crippen LogP contribution in [0.1, 0.15) is 30.9 Å². The van der Waals surface area contributed by atoms with Crippen LogP contribution in [0.5, 0.6) is 5.75 Å². The maximum absolute atomic E-state index is 12.1. The van der Waals surface area contributed by atoms with E-state index in [-0.39, 0.29) is 24.5 Å². The van der Waals surface area contributed by atoms with Crippen LogP contribution >= 0.6 is 0 Å². The van der Waals surface area contributed by atoms with Gasteiger partial charge in [0.05, 0.1) is 11.5 Å². The number of halogens is 3. The molecule has 0 aliphatic carbocycles. The van der Waals surface area contributed by atoms with Gasteiger partial charge in [0.15, 0.2) is 0 Å². The van der Waals surface area contributed by atoms with Crippen molar-refractivity contribution in [2.45, 2.75) is 32.4 Å². The molecule has 126 valence electrons. The highest BCUT2D eigenvalue weighted by atomic mass is 19.4. The third-order valence-corrected chi connectivity index (χ3v) is 3.03. The lowest BCUT2D eigenvalue weighted by Gasteiger charge is -2.13. The monoisotopic (exact) mass is 329 g/mol. The minimum Gasteiger partial charge on any atom is -0.487 e. The van der Waals surface area contributed by atoms with Crippen molar-refractivity contribution in [3.8, 4) is 5.75 Å². The van der Waals surface area contributed by atoms with Gasteiger partial charge in [-0.25, -0.2) is 0 Å². The molecular formula is C16H18F3NO3. The summed E-state index contributed by atoms with van der Waals surface area (Å²) in [6.45, 7) is 5.14. The van der Waals surface area contributed by atoms with E-state index in [1.807, 2.05) is 0 Å². The van der Waals surface area contributed by atoms with Crippen molar-refractivity contribution < 1.29 is 22.8 Å². The summed E-state index contributed by atoms with van der Waals surface area (Å²) < 4.78 is 41.8. The van der Waals surface area contributed by atoms with Gasteiger partial charge < -0.3 is 4.74 Å². The summed E-state index contributed by atoms with van der Waals surface area (Å²) in [5, 5.41) is 11.2. The van der Waals surface area contributed by atoms with E-state index >= 15 is 0 Å². The first-order valence-electron chi connectivity index (χ1n) is 7.03. The summed E-state index contributed by atoms with van der Waals surface area (Å²) in [5.41, 5.74) is 0.826. The number of nitrogens with zero attached hydrogens (tertiary/aromatic N) is 1. The lowest BCUT2D eigenvalue weighted by Crippen LogP contribution is -2.11. The number of nitro benzene ring substituents is 1. The van der Waals surface area contributed by atoms with Crippen molar-refractivity contribution in [3.63, 3.8) is 0 Å². The van der Waals surface area contributed by atoms with Gasteiger partial charge in [-0.05, 0) is 31.4 Å². The van der Waals surface area contributed by atoms with E-state index in [0.29, 0.717) is 17.5 Å². The summed E-state index contributed by atoms with van der Waals surface area (Å²) in [7, 11) is 0. The highest BCUT2D eigenvalue weighted by molar-refractivity contribution is 5.61. The van der Waals surface area contributed by atoms with Crippen LogP contribution in [0.2, 0.25) is 0 Å². The fourth-order valence-corrected chi connectivity index (χ4v) is 1.96. The summed E-state index contributed by atoms with van der Waals surface area (Å²) in [6.07, 6.45) is -0.0972. The molecule has 0 saturated heterocycles. The number of alkyl halides is 3. The van der Waals surface area contributed by atoms with Gasteiger partial charge in [-0.2, -0.15) is 13.2 Å². The molecule has 0 aromatic heterocycles. The molecule has 0 atom stereocenters. The van der Waals surface area contributed by atoms with E-state index in [2.05, 4.69) is 6.58 Å². The minimum atomic E-state index is -4.27. The van der Waals surface area contributed by atoms with E-state index in [1.165, 1.54) is 12.1 Å². The number of ether oxygens (including phenoxy) is 1. The molecule has 0 heterocycles. The Labute approximate surface area is 132 Å². The number of hydrogen-bond donors (Lipinski definition) is 0. The van der Waals surface area contributed by atoms with Crippen molar-refractivity contribution >= 4 is 11.8 Å². The Morgan fingerprint density at radius 1 is 1.39 bits per heavy atom. The van der Waals surface area contributed by atoms with Crippen molar-refractivity contribution in [3.05, 3.63) is 52.1 Å². The number of nitro groups is 1. The summed E-state index contributed by atoms with van der Waals surface area (Å²) in [5.74, 6) is 0.0147. The zero-order valence-electron chi connectivity index (χ0n) is 12.7. The SMILES string of the molecule is C=Cc1cc(CC=CC)c(OCCCC(F)(F)F)c([N+](=O)[O-])c1. The van der Waals surface area contributed by atoms with Crippen LogP contribution in [-0.4, -0.2) is 17.7 Å². The summed E-state index contributed by atoms with van der Waals surface area (Å²) in [6, 6.07) is 2.98. The molecule has 0 spiro atoms. The lowest BCUT2D eigenvalue weighted by atomic mass is 10.0. The van der Waals surface area contributed by atoms with Gasteiger partial charge in [-0.3, -0.25) is 10.1 Å². The second kappa shape index (κ2) is 8.36. The Hall–Kier alpha value is -2.31. The first-order chi connectivity index (χ1) is 10.8. The second-order valence-electron chi connectivity index (χ2n) is 4.83. The predicted molar refractivity (Wildman–Crippen MR) is 82.5 cm³/mol. The lowest BCUT2D eigenvalue weighted by molar-refractivity contribution is -0.386. The average molecular weight is 329 g/mol. The van der Waals surface area contributed by atoms with E-state index in [4.69, 9.17) is 4.74 Å². The van der Waals surface area contributed by atoms with Crippen LogP contribution in [0.15, 0.2) is 30.9 Å². The standard InChI is InChI=1S/C16H18F3NO3/c1-3-5-7-13-10-12(4-2)11-14(20(21)22)15(13)23-9-6-8-16(17,18)19/h3-5,10-11H,2,6-9H2,1H3. The quantitative estimate of drug-likeness (QED) is 0.289. The van der Waals surface area contributed by atoms with Gasteiger partial charge >= 0.3 is 11.9 Å². The molecule has 0 bridgehead atoms. The van der Waals surface area contributed by atoms with Crippen LogP contribution in [0.4, 0.5) is 18.9 Å². The molecule has 0 fully saturated rings. The molecular weight excluding hydrogens is 311 g/mol. The van der Waals surface area contributed by atoms with E-state index in [1.54, 1.807) is 25.1 Å². The molecule has 0 amide bonds. The zero-order chi connectivity index (χ0) is 17.5. The number of hydrogen-bond acceptors (Lipinski definition) is 3. The summed E-state index contributed by atoms with van der Waals surface area (Å²) >= 11 is 0. The van der Waals surface area contributed by atoms with Gasteiger partial charge in [0.25, 0.3) is 0 Å². The highest BCUT2D eigenvalue weighted by Gasteiger charge is 2.27. The van der Waals surface area contributed by atoms with Gasteiger partial charge in [-0.1, -0.05) is 24.8 Å². The fourth-order valence-electron chi connectivity index (χ4n) is 1.96. The van der Waals surface area contributed by atoms with E-state index < -0.39 is 17.5 Å². The second-order valence-corrected chi connectivity index (χ2v) is 4.83. The molecule has 1 aromatic carbocycles. The fraction of sp³-hybridized carbons (Fsp3) is 0.375. The molecule has 0 N–H and O–H groups in total. The molecule has 1 aromatic rings. The molecule has 1 rings (SSSR count). The minimum absolute atomic E-state index is 0.0147. The normalized spacial score (nSPS) is 11.7. The first kappa shape index (κ1) is 18.7. The topological polar surface area (TPSA) is 52.4 Å². The Kier molecular flexibility index (Phi) is 6.81. The Balaban J connectivity index is 3.04. The molecule has 0 unspecified atom stereocenters. The first-order valence-corrected chi connectivity index (χ1v) is 7.03. The molecule has 0 radical (unpaired) electrons. The maximum atomic E-state index is 12.1. The van der Waals surface area contributed by atoms with E-state index in [0.717, 1.165) is 0 Å². The van der Waals surface area contributed by atoms with E-state index in [9.17, 15) is 23.3 Å². The smallest absolute Gasteiger partial charge is 0.389 e. The zero-order valence-corrected chi connectivity index (χ0v) is 12.7. The Morgan fingerprint density at radius 3 is 2.61 bits per heavy atom. The average Bonchev–Trinajstić information content (AvgIpc) is 2.48. The van der Waals surface area contributed by atoms with Gasteiger partial charge in [0.1, 0.15) is 0 Å². The molecule has 0 aliphatic heterocycles. The van der Waals surface area contributed by atoms with Crippen LogP contribution in [-0.2, 0) is 6.42 Å². The van der Waals surface area contributed by atoms with Gasteiger partial charge in [0, 0.05) is 18.1 Å². The molecule has 7 heteroatoms. The van der Waals surface area contributed by atoms with Crippen LogP contribution in [0, 0.1) is 10.1 Å². The summed E-state index contributed by atoms with van der Waals surface area (Å²) in [4.78, 5) is 10.6. The van der Waals surface area contributed by atoms with Crippen LogP contribution < -0.4 is 4.74 Å². The highest BCUT2D eigenvalue weighted by Crippen LogP contribution is 2.34. The van der Waals surface area contributed by atoms with Crippen molar-refractivity contribution in [2.75, 3.05) is 6.61 Å². The number of benzene rings is 1. The Bertz CT molecular complexity index is 595. The number of rotatable bonds is 8. The van der Waals surface area contributed by atoms with Gasteiger partial charge in [-0.15, -0.1) is 0 Å². The van der Waals surface area contributed by atoms with Crippen LogP contribution in [0.25, 0.3) is 6.08 Å².